The van der Waals surface area contributed by atoms with Gasteiger partial charge in [0.1, 0.15) is 5.15 Å². The molecule has 0 fully saturated rings. The predicted octanol–water partition coefficient (Wildman–Crippen LogP) is 3.49. The van der Waals surface area contributed by atoms with Crippen LogP contribution in [0.2, 0.25) is 5.15 Å². The molecule has 2 aromatic rings. The summed E-state index contributed by atoms with van der Waals surface area (Å²) in [5.41, 5.74) is 1.86. The number of hydrogen-bond acceptors (Lipinski definition) is 2. The minimum Gasteiger partial charge on any atom is -0.255 e. The molecule has 3 heteroatoms. The van der Waals surface area contributed by atoms with Crippen molar-refractivity contribution in [1.82, 2.24) is 4.98 Å². The first-order valence-electron chi connectivity index (χ1n) is 4.55. The Hall–Kier alpha value is -1.67. The van der Waals surface area contributed by atoms with Crippen LogP contribution in [0.5, 0.6) is 0 Å². The Morgan fingerprint density at radius 3 is 2.53 bits per heavy atom. The van der Waals surface area contributed by atoms with Gasteiger partial charge >= 0.3 is 0 Å². The Morgan fingerprint density at radius 1 is 1.07 bits per heavy atom. The summed E-state index contributed by atoms with van der Waals surface area (Å²) in [5.74, 6) is 0. The quantitative estimate of drug-likeness (QED) is 0.557. The van der Waals surface area contributed by atoms with Crippen molar-refractivity contribution in [2.24, 2.45) is 4.99 Å². The van der Waals surface area contributed by atoms with Crippen LogP contribution >= 0.6 is 11.6 Å². The fourth-order valence-corrected chi connectivity index (χ4v) is 1.24. The molecule has 2 nitrogen and oxygen atoms in total. The molecule has 0 aliphatic rings. The minimum atomic E-state index is 0.480. The van der Waals surface area contributed by atoms with Gasteiger partial charge in [0.25, 0.3) is 0 Å². The summed E-state index contributed by atoms with van der Waals surface area (Å²) < 4.78 is 0. The highest BCUT2D eigenvalue weighted by Crippen LogP contribution is 2.12. The minimum absolute atomic E-state index is 0.480. The molecule has 0 unspecified atom stereocenters. The van der Waals surface area contributed by atoms with E-state index in [9.17, 15) is 0 Å². The lowest BCUT2D eigenvalue weighted by Gasteiger charge is -1.93. The molecule has 1 aromatic carbocycles. The number of pyridine rings is 1. The Morgan fingerprint density at radius 2 is 1.87 bits per heavy atom. The first-order chi connectivity index (χ1) is 7.34. The van der Waals surface area contributed by atoms with Crippen molar-refractivity contribution in [3.8, 4) is 0 Å². The van der Waals surface area contributed by atoms with Crippen molar-refractivity contribution >= 4 is 23.5 Å². The van der Waals surface area contributed by atoms with Crippen LogP contribution in [0.4, 0.5) is 5.69 Å². The molecule has 1 aromatic heterocycles. The highest BCUT2D eigenvalue weighted by atomic mass is 35.5. The molecular weight excluding hydrogens is 208 g/mol. The van der Waals surface area contributed by atoms with Crippen LogP contribution in [0.25, 0.3) is 0 Å². The summed E-state index contributed by atoms with van der Waals surface area (Å²) in [7, 11) is 0. The monoisotopic (exact) mass is 216 g/mol. The highest BCUT2D eigenvalue weighted by Gasteiger charge is 1.90. The van der Waals surface area contributed by atoms with Gasteiger partial charge in [-0.2, -0.15) is 0 Å². The number of hydrogen-bond donors (Lipinski definition) is 0. The Bertz CT molecular complexity index is 449. The largest absolute Gasteiger partial charge is 0.255 e. The molecule has 0 aliphatic carbocycles. The van der Waals surface area contributed by atoms with Crippen LogP contribution in [0.3, 0.4) is 0 Å². The molecule has 0 spiro atoms. The zero-order valence-electron chi connectivity index (χ0n) is 7.97. The Kier molecular flexibility index (Phi) is 3.10. The second-order valence-corrected chi connectivity index (χ2v) is 3.40. The fourth-order valence-electron chi connectivity index (χ4n) is 1.13. The lowest BCUT2D eigenvalue weighted by Crippen LogP contribution is -1.78. The summed E-state index contributed by atoms with van der Waals surface area (Å²) in [6.45, 7) is 0. The maximum Gasteiger partial charge on any atom is 0.129 e. The molecule has 0 aliphatic heterocycles. The van der Waals surface area contributed by atoms with Gasteiger partial charge in [0, 0.05) is 6.21 Å². The summed E-state index contributed by atoms with van der Waals surface area (Å²) in [5, 5.41) is 0.480. The van der Waals surface area contributed by atoms with Crippen LogP contribution in [0.1, 0.15) is 5.56 Å². The number of halogens is 1. The smallest absolute Gasteiger partial charge is 0.129 e. The third-order valence-corrected chi connectivity index (χ3v) is 2.10. The van der Waals surface area contributed by atoms with Crippen LogP contribution in [0.15, 0.2) is 53.7 Å². The Balaban J connectivity index is 2.15. The van der Waals surface area contributed by atoms with Crippen molar-refractivity contribution in [2.45, 2.75) is 0 Å². The standard InChI is InChI=1S/C12H9ClN2/c13-12-7-6-11(9-15-12)14-8-10-4-2-1-3-5-10/h1-9H. The van der Waals surface area contributed by atoms with E-state index < -0.39 is 0 Å². The van der Waals surface area contributed by atoms with E-state index >= 15 is 0 Å². The van der Waals surface area contributed by atoms with Crippen molar-refractivity contribution in [1.29, 1.82) is 0 Å². The van der Waals surface area contributed by atoms with Crippen molar-refractivity contribution in [3.63, 3.8) is 0 Å². The van der Waals surface area contributed by atoms with E-state index in [0.29, 0.717) is 5.15 Å². The van der Waals surface area contributed by atoms with Gasteiger partial charge in [0.2, 0.25) is 0 Å². The highest BCUT2D eigenvalue weighted by molar-refractivity contribution is 6.29. The van der Waals surface area contributed by atoms with E-state index in [1.165, 1.54) is 0 Å². The molecule has 0 saturated carbocycles. The number of rotatable bonds is 2. The van der Waals surface area contributed by atoms with Gasteiger partial charge in [-0.1, -0.05) is 41.9 Å². The average molecular weight is 217 g/mol. The first-order valence-corrected chi connectivity index (χ1v) is 4.93. The van der Waals surface area contributed by atoms with Crippen LogP contribution in [-0.2, 0) is 0 Å². The molecule has 0 saturated heterocycles. The molecule has 0 radical (unpaired) electrons. The molecule has 0 amide bonds. The van der Waals surface area contributed by atoms with Crippen molar-refractivity contribution < 1.29 is 0 Å². The maximum absolute atomic E-state index is 5.67. The normalized spacial score (nSPS) is 10.7. The molecule has 0 bridgehead atoms. The van der Waals surface area contributed by atoms with Gasteiger partial charge < -0.3 is 0 Å². The molecule has 74 valence electrons. The SMILES string of the molecule is Clc1ccc(N=Cc2ccccc2)cn1. The second kappa shape index (κ2) is 4.71. The van der Waals surface area contributed by atoms with Gasteiger partial charge in [0.15, 0.2) is 0 Å². The van der Waals surface area contributed by atoms with Crippen molar-refractivity contribution in [3.05, 3.63) is 59.4 Å². The molecule has 0 N–H and O–H groups in total. The van der Waals surface area contributed by atoms with E-state index in [1.807, 2.05) is 36.4 Å². The molecular formula is C12H9ClN2. The maximum atomic E-state index is 5.67. The fraction of sp³-hybridized carbons (Fsp3) is 0. The number of aliphatic imine (C=N–C) groups is 1. The van der Waals surface area contributed by atoms with Crippen LogP contribution in [0, 0.1) is 0 Å². The zero-order valence-corrected chi connectivity index (χ0v) is 8.72. The zero-order chi connectivity index (χ0) is 10.5. The lowest BCUT2D eigenvalue weighted by atomic mass is 10.2. The van der Waals surface area contributed by atoms with Gasteiger partial charge in [-0.15, -0.1) is 0 Å². The van der Waals surface area contributed by atoms with Crippen molar-refractivity contribution in [2.75, 3.05) is 0 Å². The van der Waals surface area contributed by atoms with Gasteiger partial charge in [-0.05, 0) is 17.7 Å². The van der Waals surface area contributed by atoms with Gasteiger partial charge in [0.05, 0.1) is 11.9 Å². The van der Waals surface area contributed by atoms with E-state index in [2.05, 4.69) is 9.98 Å². The third-order valence-electron chi connectivity index (χ3n) is 1.87. The van der Waals surface area contributed by atoms with E-state index in [-0.39, 0.29) is 0 Å². The average Bonchev–Trinajstić information content (AvgIpc) is 2.30. The third kappa shape index (κ3) is 2.89. The van der Waals surface area contributed by atoms with Gasteiger partial charge in [-0.3, -0.25) is 4.99 Å². The summed E-state index contributed by atoms with van der Waals surface area (Å²) >= 11 is 5.67. The molecule has 2 rings (SSSR count). The lowest BCUT2D eigenvalue weighted by molar-refractivity contribution is 1.31. The number of aromatic nitrogens is 1. The number of benzene rings is 1. The molecule has 15 heavy (non-hydrogen) atoms. The topological polar surface area (TPSA) is 25.2 Å². The van der Waals surface area contributed by atoms with Crippen LogP contribution in [-0.4, -0.2) is 11.2 Å². The summed E-state index contributed by atoms with van der Waals surface area (Å²) in [6.07, 6.45) is 3.44. The van der Waals surface area contributed by atoms with Gasteiger partial charge in [-0.25, -0.2) is 4.98 Å². The van der Waals surface area contributed by atoms with E-state index in [0.717, 1.165) is 11.3 Å². The predicted molar refractivity (Wildman–Crippen MR) is 62.9 cm³/mol. The first kappa shape index (κ1) is 9.87. The van der Waals surface area contributed by atoms with Crippen LogP contribution < -0.4 is 0 Å². The van der Waals surface area contributed by atoms with E-state index in [4.69, 9.17) is 11.6 Å². The number of nitrogens with zero attached hydrogens (tertiary/aromatic N) is 2. The summed E-state index contributed by atoms with van der Waals surface area (Å²) in [4.78, 5) is 8.21. The van der Waals surface area contributed by atoms with E-state index in [1.54, 1.807) is 18.5 Å². The second-order valence-electron chi connectivity index (χ2n) is 3.01. The molecule has 0 atom stereocenters. The Labute approximate surface area is 93.3 Å². The summed E-state index contributed by atoms with van der Waals surface area (Å²) in [6, 6.07) is 13.5. The molecule has 1 heterocycles.